The highest BCUT2D eigenvalue weighted by Gasteiger charge is 2.14. The number of aromatic nitrogens is 1. The maximum absolute atomic E-state index is 2.47. The number of benzene rings is 2. The van der Waals surface area contributed by atoms with Gasteiger partial charge in [-0.2, -0.15) is 0 Å². The van der Waals surface area contributed by atoms with Gasteiger partial charge in [-0.3, -0.25) is 0 Å². The normalized spacial score (nSPS) is 11.2. The van der Waals surface area contributed by atoms with E-state index in [9.17, 15) is 0 Å². The predicted molar refractivity (Wildman–Crippen MR) is 90.5 cm³/mol. The summed E-state index contributed by atoms with van der Waals surface area (Å²) in [6.45, 7) is 4.27. The maximum Gasteiger partial charge on any atom is 0.0624 e. The Bertz CT molecular complexity index is 751. The number of hydrogen-bond acceptors (Lipinski definition) is 0. The third kappa shape index (κ3) is 2.08. The SMILES string of the molecule is Cc1ccc(-c2c(I)c3cc(C)ccc3n2C)cc1. The van der Waals surface area contributed by atoms with Crippen LogP contribution in [0, 0.1) is 17.4 Å². The van der Waals surface area contributed by atoms with E-state index in [1.807, 2.05) is 0 Å². The van der Waals surface area contributed by atoms with Gasteiger partial charge in [-0.25, -0.2) is 0 Å². The van der Waals surface area contributed by atoms with Crippen LogP contribution < -0.4 is 0 Å². The molecule has 1 nitrogen and oxygen atoms in total. The third-order valence-corrected chi connectivity index (χ3v) is 4.71. The standard InChI is InChI=1S/C17H16IN/c1-11-4-7-13(8-5-11)17-16(18)14-10-12(2)6-9-15(14)19(17)3/h4-10H,1-3H3. The summed E-state index contributed by atoms with van der Waals surface area (Å²) < 4.78 is 3.63. The van der Waals surface area contributed by atoms with Crippen LogP contribution in [0.4, 0.5) is 0 Å². The molecule has 0 radical (unpaired) electrons. The van der Waals surface area contributed by atoms with Crippen molar-refractivity contribution in [1.29, 1.82) is 0 Å². The lowest BCUT2D eigenvalue weighted by molar-refractivity contribution is 0.975. The van der Waals surface area contributed by atoms with E-state index in [-0.39, 0.29) is 0 Å². The Hall–Kier alpha value is -1.29. The highest BCUT2D eigenvalue weighted by molar-refractivity contribution is 14.1. The summed E-state index contributed by atoms with van der Waals surface area (Å²) in [7, 11) is 2.15. The smallest absolute Gasteiger partial charge is 0.0624 e. The molecule has 1 aromatic heterocycles. The fourth-order valence-corrected chi connectivity index (χ4v) is 3.65. The van der Waals surface area contributed by atoms with Gasteiger partial charge in [-0.1, -0.05) is 41.5 Å². The molecule has 0 unspecified atom stereocenters. The number of aryl methyl sites for hydroxylation is 3. The summed E-state index contributed by atoms with van der Waals surface area (Å²) in [4.78, 5) is 0. The van der Waals surface area contributed by atoms with Gasteiger partial charge in [0.15, 0.2) is 0 Å². The van der Waals surface area contributed by atoms with Crippen LogP contribution >= 0.6 is 22.6 Å². The van der Waals surface area contributed by atoms with Crippen molar-refractivity contribution in [3.05, 3.63) is 57.2 Å². The molecule has 0 N–H and O–H groups in total. The van der Waals surface area contributed by atoms with Crippen molar-refractivity contribution in [3.63, 3.8) is 0 Å². The zero-order valence-electron chi connectivity index (χ0n) is 11.4. The average Bonchev–Trinajstić information content (AvgIpc) is 2.63. The quantitative estimate of drug-likeness (QED) is 0.534. The lowest BCUT2D eigenvalue weighted by Gasteiger charge is -2.06. The molecule has 2 aromatic carbocycles. The van der Waals surface area contributed by atoms with Crippen LogP contribution in [0.25, 0.3) is 22.2 Å². The summed E-state index contributed by atoms with van der Waals surface area (Å²) >= 11 is 2.47. The molecule has 3 rings (SSSR count). The Balaban J connectivity index is 2.32. The molecule has 0 saturated carbocycles. The first-order chi connectivity index (χ1) is 9.08. The molecule has 0 amide bonds. The van der Waals surface area contributed by atoms with Crippen molar-refractivity contribution >= 4 is 33.5 Å². The molecule has 0 spiro atoms. The van der Waals surface area contributed by atoms with E-state index in [0.29, 0.717) is 0 Å². The van der Waals surface area contributed by atoms with Gasteiger partial charge < -0.3 is 4.57 Å². The van der Waals surface area contributed by atoms with Crippen LogP contribution in [-0.2, 0) is 7.05 Å². The van der Waals surface area contributed by atoms with E-state index in [1.165, 1.54) is 36.9 Å². The summed E-state index contributed by atoms with van der Waals surface area (Å²) in [5.41, 5.74) is 6.50. The van der Waals surface area contributed by atoms with Gasteiger partial charge in [-0.15, -0.1) is 0 Å². The zero-order valence-corrected chi connectivity index (χ0v) is 13.5. The number of hydrogen-bond donors (Lipinski definition) is 0. The molecule has 96 valence electrons. The molecular formula is C17H16IN. The Kier molecular flexibility index (Phi) is 3.13. The molecule has 3 aromatic rings. The zero-order chi connectivity index (χ0) is 13.6. The molecule has 0 aliphatic rings. The fraction of sp³-hybridized carbons (Fsp3) is 0.176. The van der Waals surface area contributed by atoms with Gasteiger partial charge >= 0.3 is 0 Å². The maximum atomic E-state index is 2.47. The molecule has 2 heteroatoms. The second kappa shape index (κ2) is 4.67. The van der Waals surface area contributed by atoms with Crippen molar-refractivity contribution in [2.75, 3.05) is 0 Å². The molecule has 0 saturated heterocycles. The third-order valence-electron chi connectivity index (χ3n) is 3.62. The van der Waals surface area contributed by atoms with Crippen LogP contribution in [0.1, 0.15) is 11.1 Å². The van der Waals surface area contributed by atoms with Crippen LogP contribution in [0.15, 0.2) is 42.5 Å². The molecule has 0 atom stereocenters. The van der Waals surface area contributed by atoms with E-state index in [4.69, 9.17) is 0 Å². The van der Waals surface area contributed by atoms with Gasteiger partial charge in [0.25, 0.3) is 0 Å². The fourth-order valence-electron chi connectivity index (χ4n) is 2.55. The summed E-state index contributed by atoms with van der Waals surface area (Å²) in [5, 5.41) is 1.35. The molecule has 0 aliphatic heterocycles. The predicted octanol–water partition coefficient (Wildman–Crippen LogP) is 5.07. The first-order valence-electron chi connectivity index (χ1n) is 6.39. The second-order valence-corrected chi connectivity index (χ2v) is 6.19. The Morgan fingerprint density at radius 1 is 0.895 bits per heavy atom. The van der Waals surface area contributed by atoms with Crippen molar-refractivity contribution in [2.24, 2.45) is 7.05 Å². The van der Waals surface area contributed by atoms with Gasteiger partial charge in [0.05, 0.1) is 5.69 Å². The number of halogens is 1. The first-order valence-corrected chi connectivity index (χ1v) is 7.47. The topological polar surface area (TPSA) is 4.93 Å². The van der Waals surface area contributed by atoms with E-state index < -0.39 is 0 Å². The largest absolute Gasteiger partial charge is 0.343 e. The summed E-state index contributed by atoms with van der Waals surface area (Å²) in [5.74, 6) is 0. The lowest BCUT2D eigenvalue weighted by atomic mass is 10.1. The van der Waals surface area contributed by atoms with E-state index in [1.54, 1.807) is 0 Å². The van der Waals surface area contributed by atoms with Crippen molar-refractivity contribution in [2.45, 2.75) is 13.8 Å². The molecule has 0 aliphatic carbocycles. The number of fused-ring (bicyclic) bond motifs is 1. The number of nitrogens with zero attached hydrogens (tertiary/aromatic N) is 1. The van der Waals surface area contributed by atoms with Crippen LogP contribution in [-0.4, -0.2) is 4.57 Å². The first kappa shape index (κ1) is 12.7. The van der Waals surface area contributed by atoms with E-state index in [0.717, 1.165) is 0 Å². The Labute approximate surface area is 127 Å². The minimum absolute atomic E-state index is 1.28. The van der Waals surface area contributed by atoms with Gasteiger partial charge in [0, 0.05) is 21.5 Å². The molecular weight excluding hydrogens is 345 g/mol. The van der Waals surface area contributed by atoms with Crippen LogP contribution in [0.3, 0.4) is 0 Å². The Morgan fingerprint density at radius 2 is 1.53 bits per heavy atom. The van der Waals surface area contributed by atoms with Crippen LogP contribution in [0.2, 0.25) is 0 Å². The van der Waals surface area contributed by atoms with E-state index >= 15 is 0 Å². The highest BCUT2D eigenvalue weighted by Crippen LogP contribution is 2.34. The average molecular weight is 361 g/mol. The van der Waals surface area contributed by atoms with Crippen molar-refractivity contribution < 1.29 is 0 Å². The second-order valence-electron chi connectivity index (χ2n) is 5.11. The number of rotatable bonds is 1. The monoisotopic (exact) mass is 361 g/mol. The van der Waals surface area contributed by atoms with Gasteiger partial charge in [0.1, 0.15) is 0 Å². The van der Waals surface area contributed by atoms with Crippen LogP contribution in [0.5, 0.6) is 0 Å². The highest BCUT2D eigenvalue weighted by atomic mass is 127. The molecule has 0 fully saturated rings. The van der Waals surface area contributed by atoms with E-state index in [2.05, 4.69) is 90.5 Å². The Morgan fingerprint density at radius 3 is 2.21 bits per heavy atom. The van der Waals surface area contributed by atoms with Crippen molar-refractivity contribution in [1.82, 2.24) is 4.57 Å². The minimum Gasteiger partial charge on any atom is -0.343 e. The summed E-state index contributed by atoms with van der Waals surface area (Å²) in [6.07, 6.45) is 0. The molecule has 0 bridgehead atoms. The van der Waals surface area contributed by atoms with Crippen molar-refractivity contribution in [3.8, 4) is 11.3 Å². The van der Waals surface area contributed by atoms with Gasteiger partial charge in [-0.05, 0) is 54.1 Å². The summed E-state index contributed by atoms with van der Waals surface area (Å²) in [6, 6.07) is 15.4. The molecule has 19 heavy (non-hydrogen) atoms. The lowest BCUT2D eigenvalue weighted by Crippen LogP contribution is -1.92. The van der Waals surface area contributed by atoms with Gasteiger partial charge in [0.2, 0.25) is 0 Å². The molecule has 1 heterocycles. The minimum atomic E-state index is 1.28.